The highest BCUT2D eigenvalue weighted by atomic mass is 79.9. The number of hydrogen-bond donors (Lipinski definition) is 1. The van der Waals surface area contributed by atoms with Crippen LogP contribution in [0.2, 0.25) is 10.0 Å². The molecule has 2 heterocycles. The third-order valence-corrected chi connectivity index (χ3v) is 7.77. The Morgan fingerprint density at radius 2 is 1.76 bits per heavy atom. The maximum atomic E-state index is 13.2. The van der Waals surface area contributed by atoms with E-state index < -0.39 is 5.54 Å². The predicted molar refractivity (Wildman–Crippen MR) is 151 cm³/mol. The number of likely N-dealkylation sites (tertiary alicyclic amines) is 1. The lowest BCUT2D eigenvalue weighted by atomic mass is 9.82. The summed E-state index contributed by atoms with van der Waals surface area (Å²) in [5, 5.41) is 4.02. The van der Waals surface area contributed by atoms with Gasteiger partial charge in [0.1, 0.15) is 11.3 Å². The highest BCUT2D eigenvalue weighted by molar-refractivity contribution is 9.10. The van der Waals surface area contributed by atoms with Crippen molar-refractivity contribution in [3.05, 3.63) is 97.8 Å². The van der Waals surface area contributed by atoms with E-state index in [1.165, 1.54) is 6.08 Å². The van der Waals surface area contributed by atoms with Gasteiger partial charge in [0.05, 0.1) is 29.7 Å². The second-order valence-electron chi connectivity index (χ2n) is 8.97. The summed E-state index contributed by atoms with van der Waals surface area (Å²) in [6.45, 7) is 7.28. The summed E-state index contributed by atoms with van der Waals surface area (Å²) < 4.78 is 6.79. The van der Waals surface area contributed by atoms with Crippen LogP contribution in [0.1, 0.15) is 41.3 Å². The molecule has 0 atom stereocenters. The van der Waals surface area contributed by atoms with Crippen LogP contribution in [0.15, 0.2) is 69.6 Å². The summed E-state index contributed by atoms with van der Waals surface area (Å²) in [7, 11) is 0. The number of hydrogen-bond acceptors (Lipinski definition) is 4. The lowest BCUT2D eigenvalue weighted by Crippen LogP contribution is -2.68. The molecule has 1 saturated heterocycles. The van der Waals surface area contributed by atoms with E-state index in [-0.39, 0.29) is 17.6 Å². The van der Waals surface area contributed by atoms with Gasteiger partial charge in [-0.05, 0) is 66.7 Å². The number of carbonyl (C=O) groups excluding carboxylic acids is 2. The quantitative estimate of drug-likeness (QED) is 0.288. The van der Waals surface area contributed by atoms with Crippen molar-refractivity contribution >= 4 is 57.0 Å². The molecule has 0 unspecified atom stereocenters. The Labute approximate surface area is 235 Å². The largest absolute Gasteiger partial charge is 0.455 e. The molecule has 1 N–H and O–H groups in total. The fraction of sp³-hybridized carbons (Fsp3) is 0.286. The van der Waals surface area contributed by atoms with Gasteiger partial charge in [-0.15, -0.1) is 0 Å². The zero-order valence-electron chi connectivity index (χ0n) is 20.6. The van der Waals surface area contributed by atoms with Crippen molar-refractivity contribution in [1.29, 1.82) is 0 Å². The van der Waals surface area contributed by atoms with Gasteiger partial charge in [-0.1, -0.05) is 71.2 Å². The van der Waals surface area contributed by atoms with Crippen LogP contribution < -0.4 is 5.32 Å². The van der Waals surface area contributed by atoms with Crippen LogP contribution in [-0.4, -0.2) is 47.8 Å². The van der Waals surface area contributed by atoms with Gasteiger partial charge in [-0.3, -0.25) is 14.5 Å². The summed E-state index contributed by atoms with van der Waals surface area (Å²) in [5.74, 6) is 0.520. The van der Waals surface area contributed by atoms with Crippen LogP contribution in [0, 0.1) is 0 Å². The highest BCUT2D eigenvalue weighted by Crippen LogP contribution is 2.34. The Kier molecular flexibility index (Phi) is 8.80. The van der Waals surface area contributed by atoms with Crippen LogP contribution in [0.3, 0.4) is 0 Å². The fourth-order valence-corrected chi connectivity index (χ4v) is 4.86. The zero-order valence-corrected chi connectivity index (χ0v) is 23.7. The minimum absolute atomic E-state index is 0.160. The number of furan rings is 1. The molecular weight excluding hydrogens is 577 g/mol. The first-order valence-electron chi connectivity index (χ1n) is 12.0. The summed E-state index contributed by atoms with van der Waals surface area (Å²) in [4.78, 5) is 30.0. The normalized spacial score (nSPS) is 14.7. The predicted octanol–water partition coefficient (Wildman–Crippen LogP) is 6.37. The number of carbonyl (C=O) groups is 2. The molecule has 6 nitrogen and oxygen atoms in total. The van der Waals surface area contributed by atoms with Gasteiger partial charge in [0, 0.05) is 10.5 Å². The third kappa shape index (κ3) is 6.47. The minimum Gasteiger partial charge on any atom is -0.455 e. The van der Waals surface area contributed by atoms with Gasteiger partial charge in [0.15, 0.2) is 5.76 Å². The molecular formula is C28H28BrCl2N3O3. The maximum Gasteiger partial charge on any atom is 0.287 e. The van der Waals surface area contributed by atoms with Gasteiger partial charge in [0.25, 0.3) is 5.91 Å². The molecule has 4 rings (SSSR count). The number of nitrogens with zero attached hydrogens (tertiary/aromatic N) is 2. The topological polar surface area (TPSA) is 65.8 Å². The summed E-state index contributed by atoms with van der Waals surface area (Å²) >= 11 is 15.5. The number of amides is 2. The molecule has 0 bridgehead atoms. The van der Waals surface area contributed by atoms with Gasteiger partial charge < -0.3 is 14.6 Å². The molecule has 194 valence electrons. The molecule has 0 spiro atoms. The van der Waals surface area contributed by atoms with Gasteiger partial charge in [-0.25, -0.2) is 0 Å². The standard InChI is InChI=1S/C28H28BrCl2N3O3/c1-3-33(4-2)16-22-11-13-25(37-22)27(36)32-28(20-7-9-21(29)10-8-20)17-34(18-28)26(35)14-6-19-5-12-23(30)24(31)15-19/h5-15H,3-4,16-18H2,1-2H3,(H,32,36)/b14-6+. The van der Waals surface area contributed by atoms with Crippen LogP contribution >= 0.6 is 39.1 Å². The number of rotatable bonds is 9. The van der Waals surface area contributed by atoms with Crippen molar-refractivity contribution in [2.45, 2.75) is 25.9 Å². The third-order valence-electron chi connectivity index (χ3n) is 6.50. The van der Waals surface area contributed by atoms with Crippen LogP contribution in [0.5, 0.6) is 0 Å². The zero-order chi connectivity index (χ0) is 26.6. The fourth-order valence-electron chi connectivity index (χ4n) is 4.28. The summed E-state index contributed by atoms with van der Waals surface area (Å²) in [6, 6.07) is 16.5. The average molecular weight is 605 g/mol. The molecule has 37 heavy (non-hydrogen) atoms. The van der Waals surface area contributed by atoms with Crippen molar-refractivity contribution < 1.29 is 14.0 Å². The van der Waals surface area contributed by atoms with E-state index in [0.29, 0.717) is 29.7 Å². The SMILES string of the molecule is CCN(CC)Cc1ccc(C(=O)NC2(c3ccc(Br)cc3)CN(C(=O)/C=C/c3ccc(Cl)c(Cl)c3)C2)o1. The lowest BCUT2D eigenvalue weighted by Gasteiger charge is -2.50. The van der Waals surface area contributed by atoms with Crippen LogP contribution in [0.4, 0.5) is 0 Å². The Hall–Kier alpha value is -2.58. The molecule has 0 saturated carbocycles. The van der Waals surface area contributed by atoms with E-state index in [4.69, 9.17) is 27.6 Å². The van der Waals surface area contributed by atoms with Crippen LogP contribution in [0.25, 0.3) is 6.08 Å². The van der Waals surface area contributed by atoms with Crippen molar-refractivity contribution in [2.24, 2.45) is 0 Å². The molecule has 0 radical (unpaired) electrons. The average Bonchev–Trinajstić information content (AvgIpc) is 3.34. The van der Waals surface area contributed by atoms with Gasteiger partial charge in [0.2, 0.25) is 5.91 Å². The monoisotopic (exact) mass is 603 g/mol. The highest BCUT2D eigenvalue weighted by Gasteiger charge is 2.47. The lowest BCUT2D eigenvalue weighted by molar-refractivity contribution is -0.134. The Morgan fingerprint density at radius 1 is 1.05 bits per heavy atom. The van der Waals surface area contributed by atoms with Crippen molar-refractivity contribution in [3.63, 3.8) is 0 Å². The second-order valence-corrected chi connectivity index (χ2v) is 10.7. The van der Waals surface area contributed by atoms with E-state index in [9.17, 15) is 9.59 Å². The first-order valence-corrected chi connectivity index (χ1v) is 13.6. The molecule has 2 aromatic carbocycles. The Balaban J connectivity index is 1.48. The van der Waals surface area contributed by atoms with E-state index in [0.717, 1.165) is 34.4 Å². The Morgan fingerprint density at radius 3 is 2.41 bits per heavy atom. The summed E-state index contributed by atoms with van der Waals surface area (Å²) in [5.41, 5.74) is 0.960. The van der Waals surface area contributed by atoms with Crippen LogP contribution in [-0.2, 0) is 16.9 Å². The van der Waals surface area contributed by atoms with E-state index >= 15 is 0 Å². The smallest absolute Gasteiger partial charge is 0.287 e. The van der Waals surface area contributed by atoms with Gasteiger partial charge in [-0.2, -0.15) is 0 Å². The molecule has 1 aliphatic heterocycles. The molecule has 1 aromatic heterocycles. The van der Waals surface area contributed by atoms with Crippen molar-refractivity contribution in [3.8, 4) is 0 Å². The number of nitrogens with one attached hydrogen (secondary N) is 1. The number of benzene rings is 2. The molecule has 9 heteroatoms. The molecule has 2 amide bonds. The molecule has 1 aliphatic rings. The van der Waals surface area contributed by atoms with E-state index in [1.54, 1.807) is 35.2 Å². The first-order chi connectivity index (χ1) is 17.7. The summed E-state index contributed by atoms with van der Waals surface area (Å²) in [6.07, 6.45) is 3.20. The number of halogens is 3. The molecule has 3 aromatic rings. The minimum atomic E-state index is -0.726. The van der Waals surface area contributed by atoms with Crippen molar-refractivity contribution in [2.75, 3.05) is 26.2 Å². The first kappa shape index (κ1) is 27.5. The van der Waals surface area contributed by atoms with E-state index in [2.05, 4.69) is 40.0 Å². The van der Waals surface area contributed by atoms with E-state index in [1.807, 2.05) is 30.3 Å². The molecule has 0 aliphatic carbocycles. The van der Waals surface area contributed by atoms with Crippen molar-refractivity contribution in [1.82, 2.24) is 15.1 Å². The Bertz CT molecular complexity index is 1300. The second kappa shape index (κ2) is 11.9. The van der Waals surface area contributed by atoms with Gasteiger partial charge >= 0.3 is 0 Å². The molecule has 1 fully saturated rings. The maximum absolute atomic E-state index is 13.2.